The number of carbonyl (C=O) groups excluding carboxylic acids is 1. The van der Waals surface area contributed by atoms with Crippen LogP contribution in [0.15, 0.2) is 35.9 Å². The Labute approximate surface area is 197 Å². The molecule has 0 amide bonds. The van der Waals surface area contributed by atoms with E-state index in [0.29, 0.717) is 12.8 Å². The lowest BCUT2D eigenvalue weighted by molar-refractivity contribution is -0.165. The standard InChI is InChI=1S/C26H40O7/c1-6-17(15-27)10-16(2)22-13-20(32-5)14-23(29)26(3,4)19-9-7-8-18(11-19)12-21(28)24(30)25(31)33-22/h7-11,17,20-24,27-30H,6,12-15H2,1-5H3/b16-10-/t17-,20-,21-,22?,23-,24+/m1/s1. The van der Waals surface area contributed by atoms with Gasteiger partial charge < -0.3 is 29.9 Å². The number of fused-ring (bicyclic) bond motifs is 2. The van der Waals surface area contributed by atoms with E-state index in [1.165, 1.54) is 0 Å². The molecule has 0 spiro atoms. The zero-order chi connectivity index (χ0) is 24.8. The fourth-order valence-electron chi connectivity index (χ4n) is 4.19. The fourth-order valence-corrected chi connectivity index (χ4v) is 4.19. The highest BCUT2D eigenvalue weighted by molar-refractivity contribution is 5.75. The Bertz CT molecular complexity index is 800. The molecule has 186 valence electrons. The molecule has 0 saturated heterocycles. The maximum atomic E-state index is 12.7. The topological polar surface area (TPSA) is 116 Å². The maximum Gasteiger partial charge on any atom is 0.338 e. The second-order valence-corrected chi connectivity index (χ2v) is 9.67. The number of ether oxygens (including phenoxy) is 2. The van der Waals surface area contributed by atoms with E-state index in [2.05, 4.69) is 0 Å². The van der Waals surface area contributed by atoms with Gasteiger partial charge in [-0.3, -0.25) is 0 Å². The lowest BCUT2D eigenvalue weighted by Gasteiger charge is -2.35. The summed E-state index contributed by atoms with van der Waals surface area (Å²) in [4.78, 5) is 12.7. The number of cyclic esters (lactones) is 1. The van der Waals surface area contributed by atoms with Gasteiger partial charge in [-0.15, -0.1) is 0 Å². The molecule has 7 heteroatoms. The quantitative estimate of drug-likeness (QED) is 0.390. The van der Waals surface area contributed by atoms with Gasteiger partial charge in [0.2, 0.25) is 0 Å². The molecule has 1 unspecified atom stereocenters. The molecular weight excluding hydrogens is 424 g/mol. The number of rotatable bonds is 5. The lowest BCUT2D eigenvalue weighted by atomic mass is 9.76. The van der Waals surface area contributed by atoms with Crippen molar-refractivity contribution < 1.29 is 34.7 Å². The largest absolute Gasteiger partial charge is 0.456 e. The summed E-state index contributed by atoms with van der Waals surface area (Å²) >= 11 is 0. The number of benzene rings is 1. The van der Waals surface area contributed by atoms with Gasteiger partial charge >= 0.3 is 5.97 Å². The number of aliphatic hydroxyl groups is 4. The number of carbonyl (C=O) groups is 1. The average molecular weight is 465 g/mol. The van der Waals surface area contributed by atoms with Crippen molar-refractivity contribution in [2.45, 2.75) is 89.3 Å². The predicted molar refractivity (Wildman–Crippen MR) is 126 cm³/mol. The minimum absolute atomic E-state index is 0.0335. The third-order valence-corrected chi connectivity index (χ3v) is 6.88. The summed E-state index contributed by atoms with van der Waals surface area (Å²) in [6.07, 6.45) is -1.71. The molecule has 1 aliphatic heterocycles. The van der Waals surface area contributed by atoms with Crippen molar-refractivity contribution in [2.75, 3.05) is 13.7 Å². The van der Waals surface area contributed by atoms with Crippen LogP contribution < -0.4 is 0 Å². The zero-order valence-electron chi connectivity index (χ0n) is 20.4. The summed E-state index contributed by atoms with van der Waals surface area (Å²) < 4.78 is 11.3. The summed E-state index contributed by atoms with van der Waals surface area (Å²) in [5.74, 6) is -1.01. The smallest absolute Gasteiger partial charge is 0.338 e. The molecular formula is C26H40O7. The molecule has 7 nitrogen and oxygen atoms in total. The van der Waals surface area contributed by atoms with Crippen molar-refractivity contribution in [3.8, 4) is 0 Å². The van der Waals surface area contributed by atoms with E-state index < -0.39 is 41.9 Å². The molecule has 1 heterocycles. The van der Waals surface area contributed by atoms with Gasteiger partial charge in [-0.25, -0.2) is 4.79 Å². The monoisotopic (exact) mass is 464 g/mol. The van der Waals surface area contributed by atoms with Crippen LogP contribution in [-0.4, -0.2) is 70.6 Å². The Morgan fingerprint density at radius 3 is 2.58 bits per heavy atom. The van der Waals surface area contributed by atoms with Gasteiger partial charge in [-0.2, -0.15) is 0 Å². The molecule has 1 aromatic carbocycles. The molecule has 2 bridgehead atoms. The van der Waals surface area contributed by atoms with Crippen LogP contribution in [0.4, 0.5) is 0 Å². The summed E-state index contributed by atoms with van der Waals surface area (Å²) in [5.41, 5.74) is 1.76. The van der Waals surface area contributed by atoms with Gasteiger partial charge in [0.05, 0.1) is 18.3 Å². The average Bonchev–Trinajstić information content (AvgIpc) is 2.79. The van der Waals surface area contributed by atoms with E-state index in [4.69, 9.17) is 9.47 Å². The SMILES string of the molecule is CC[C@H](/C=C(/C)C1C[C@@H](OC)C[C@@H](O)C(C)(C)c2cccc(c2)C[C@@H](O)[C@H](O)C(=O)O1)CO. The Hall–Kier alpha value is -1.77. The molecule has 1 aliphatic rings. The molecule has 33 heavy (non-hydrogen) atoms. The highest BCUT2D eigenvalue weighted by atomic mass is 16.6. The van der Waals surface area contributed by atoms with E-state index in [0.717, 1.165) is 16.7 Å². The fraction of sp³-hybridized carbons (Fsp3) is 0.654. The van der Waals surface area contributed by atoms with Gasteiger partial charge in [0.15, 0.2) is 6.10 Å². The zero-order valence-corrected chi connectivity index (χ0v) is 20.4. The van der Waals surface area contributed by atoms with E-state index >= 15 is 0 Å². The first kappa shape index (κ1) is 27.5. The summed E-state index contributed by atoms with van der Waals surface area (Å²) in [5, 5.41) is 41.7. The van der Waals surface area contributed by atoms with Crippen molar-refractivity contribution in [2.24, 2.45) is 5.92 Å². The van der Waals surface area contributed by atoms with Crippen LogP contribution in [0.3, 0.4) is 0 Å². The highest BCUT2D eigenvalue weighted by Gasteiger charge is 2.35. The molecule has 4 N–H and O–H groups in total. The van der Waals surface area contributed by atoms with E-state index in [-0.39, 0.29) is 25.4 Å². The Kier molecular flexibility index (Phi) is 10.1. The normalized spacial score (nSPS) is 30.3. The Morgan fingerprint density at radius 1 is 1.27 bits per heavy atom. The van der Waals surface area contributed by atoms with Gasteiger partial charge in [-0.05, 0) is 30.0 Å². The highest BCUT2D eigenvalue weighted by Crippen LogP contribution is 2.32. The molecule has 0 aromatic heterocycles. The third-order valence-electron chi connectivity index (χ3n) is 6.88. The van der Waals surface area contributed by atoms with Crippen LogP contribution in [0.25, 0.3) is 0 Å². The molecule has 6 atom stereocenters. The van der Waals surface area contributed by atoms with Crippen LogP contribution in [0, 0.1) is 5.92 Å². The molecule has 0 saturated carbocycles. The van der Waals surface area contributed by atoms with Crippen LogP contribution >= 0.6 is 0 Å². The lowest BCUT2D eigenvalue weighted by Crippen LogP contribution is -2.41. The van der Waals surface area contributed by atoms with Crippen molar-refractivity contribution in [3.63, 3.8) is 0 Å². The van der Waals surface area contributed by atoms with Crippen LogP contribution in [0.2, 0.25) is 0 Å². The minimum atomic E-state index is -1.70. The molecule has 0 fully saturated rings. The summed E-state index contributed by atoms with van der Waals surface area (Å²) in [7, 11) is 1.55. The Morgan fingerprint density at radius 2 is 1.97 bits per heavy atom. The molecule has 0 radical (unpaired) electrons. The minimum Gasteiger partial charge on any atom is -0.456 e. The number of aliphatic hydroxyl groups excluding tert-OH is 4. The van der Waals surface area contributed by atoms with Crippen molar-refractivity contribution in [3.05, 3.63) is 47.0 Å². The summed E-state index contributed by atoms with van der Waals surface area (Å²) in [6.45, 7) is 7.64. The van der Waals surface area contributed by atoms with Gasteiger partial charge in [-0.1, -0.05) is 51.1 Å². The Balaban J connectivity index is 2.46. The van der Waals surface area contributed by atoms with E-state index in [9.17, 15) is 25.2 Å². The first-order valence-electron chi connectivity index (χ1n) is 11.7. The van der Waals surface area contributed by atoms with Crippen molar-refractivity contribution >= 4 is 5.97 Å². The number of esters is 1. The molecule has 2 rings (SSSR count). The van der Waals surface area contributed by atoms with Crippen molar-refractivity contribution in [1.29, 1.82) is 0 Å². The third kappa shape index (κ3) is 7.11. The van der Waals surface area contributed by atoms with E-state index in [1.54, 1.807) is 14.0 Å². The summed E-state index contributed by atoms with van der Waals surface area (Å²) in [6, 6.07) is 7.46. The molecule has 1 aromatic rings. The predicted octanol–water partition coefficient (Wildman–Crippen LogP) is 2.27. The van der Waals surface area contributed by atoms with Crippen LogP contribution in [0.1, 0.15) is 58.1 Å². The second kappa shape index (κ2) is 12.1. The van der Waals surface area contributed by atoms with E-state index in [1.807, 2.05) is 51.1 Å². The first-order chi connectivity index (χ1) is 15.5. The van der Waals surface area contributed by atoms with Gasteiger partial charge in [0.1, 0.15) is 6.10 Å². The van der Waals surface area contributed by atoms with Crippen LogP contribution in [0.5, 0.6) is 0 Å². The maximum absolute atomic E-state index is 12.7. The van der Waals surface area contributed by atoms with Gasteiger partial charge in [0, 0.05) is 44.3 Å². The number of hydrogen-bond donors (Lipinski definition) is 4. The van der Waals surface area contributed by atoms with Crippen LogP contribution in [-0.2, 0) is 26.1 Å². The number of methoxy groups -OCH3 is 1. The number of hydrogen-bond acceptors (Lipinski definition) is 7. The molecule has 0 aliphatic carbocycles. The second-order valence-electron chi connectivity index (χ2n) is 9.67. The van der Waals surface area contributed by atoms with Crippen molar-refractivity contribution in [1.82, 2.24) is 0 Å². The first-order valence-corrected chi connectivity index (χ1v) is 11.7. The van der Waals surface area contributed by atoms with Gasteiger partial charge in [0.25, 0.3) is 0 Å².